The van der Waals surface area contributed by atoms with Gasteiger partial charge in [0.05, 0.1) is 0 Å². The highest BCUT2D eigenvalue weighted by atomic mass is 19.1. The van der Waals surface area contributed by atoms with E-state index in [4.69, 9.17) is 0 Å². The largest absolute Gasteiger partial charge is 0.369 e. The van der Waals surface area contributed by atoms with Gasteiger partial charge in [0.15, 0.2) is 0 Å². The Kier molecular flexibility index (Phi) is 6.23. The number of benzene rings is 2. The fourth-order valence-electron chi connectivity index (χ4n) is 3.27. The zero-order valence-corrected chi connectivity index (χ0v) is 15.3. The van der Waals surface area contributed by atoms with Crippen molar-refractivity contribution in [1.82, 2.24) is 9.80 Å². The Morgan fingerprint density at radius 1 is 1.00 bits per heavy atom. The Balaban J connectivity index is 1.40. The quantitative estimate of drug-likeness (QED) is 0.797. The summed E-state index contributed by atoms with van der Waals surface area (Å²) in [5.41, 5.74) is 2.21. The summed E-state index contributed by atoms with van der Waals surface area (Å²) in [5, 5.41) is 0. The molecule has 0 spiro atoms. The van der Waals surface area contributed by atoms with Crippen molar-refractivity contribution < 1.29 is 9.18 Å². The summed E-state index contributed by atoms with van der Waals surface area (Å²) in [7, 11) is 1.86. The van der Waals surface area contributed by atoms with Crippen LogP contribution in [-0.4, -0.2) is 55.5 Å². The number of carbonyl (C=O) groups is 1. The first-order chi connectivity index (χ1) is 12.6. The van der Waals surface area contributed by atoms with E-state index < -0.39 is 0 Å². The SMILES string of the molecule is CN(Cc1ccccc1)C(=O)CCN1CCN(c2ccc(F)cc2)CC1. The highest BCUT2D eigenvalue weighted by Gasteiger charge is 2.18. The van der Waals surface area contributed by atoms with E-state index in [0.717, 1.165) is 44.0 Å². The van der Waals surface area contributed by atoms with Crippen LogP contribution in [0, 0.1) is 5.82 Å². The average molecular weight is 355 g/mol. The van der Waals surface area contributed by atoms with Gasteiger partial charge in [0.2, 0.25) is 5.91 Å². The standard InChI is InChI=1S/C21H26FN3O/c1-23(17-18-5-3-2-4-6-18)21(26)11-12-24-13-15-25(16-14-24)20-9-7-19(22)8-10-20/h2-10H,11-17H2,1H3. The lowest BCUT2D eigenvalue weighted by atomic mass is 10.2. The number of rotatable bonds is 6. The van der Waals surface area contributed by atoms with Gasteiger partial charge in [0.1, 0.15) is 5.82 Å². The highest BCUT2D eigenvalue weighted by molar-refractivity contribution is 5.76. The summed E-state index contributed by atoms with van der Waals surface area (Å²) in [6.07, 6.45) is 0.542. The Labute approximate surface area is 154 Å². The van der Waals surface area contributed by atoms with Crippen LogP contribution < -0.4 is 4.90 Å². The predicted octanol–water partition coefficient (Wildman–Crippen LogP) is 3.00. The van der Waals surface area contributed by atoms with Gasteiger partial charge < -0.3 is 9.80 Å². The second kappa shape index (κ2) is 8.81. The van der Waals surface area contributed by atoms with Crippen molar-refractivity contribution in [3.8, 4) is 0 Å². The highest BCUT2D eigenvalue weighted by Crippen LogP contribution is 2.17. The van der Waals surface area contributed by atoms with Gasteiger partial charge in [-0.05, 0) is 29.8 Å². The predicted molar refractivity (Wildman–Crippen MR) is 103 cm³/mol. The van der Waals surface area contributed by atoms with Gasteiger partial charge in [0, 0.05) is 58.4 Å². The molecular weight excluding hydrogens is 329 g/mol. The number of amides is 1. The van der Waals surface area contributed by atoms with Gasteiger partial charge in [-0.15, -0.1) is 0 Å². The zero-order chi connectivity index (χ0) is 18.4. The molecule has 1 aliphatic rings. The van der Waals surface area contributed by atoms with E-state index in [1.165, 1.54) is 12.1 Å². The van der Waals surface area contributed by atoms with Crippen molar-refractivity contribution in [2.45, 2.75) is 13.0 Å². The molecule has 0 saturated carbocycles. The molecule has 0 unspecified atom stereocenters. The van der Waals surface area contributed by atoms with Crippen molar-refractivity contribution in [3.63, 3.8) is 0 Å². The van der Waals surface area contributed by atoms with E-state index in [0.29, 0.717) is 13.0 Å². The molecule has 1 aliphatic heterocycles. The number of carbonyl (C=O) groups excluding carboxylic acids is 1. The molecule has 5 heteroatoms. The Morgan fingerprint density at radius 2 is 1.65 bits per heavy atom. The average Bonchev–Trinajstić information content (AvgIpc) is 2.68. The van der Waals surface area contributed by atoms with Crippen molar-refractivity contribution in [2.75, 3.05) is 44.7 Å². The van der Waals surface area contributed by atoms with E-state index in [9.17, 15) is 9.18 Å². The molecule has 0 atom stereocenters. The third-order valence-corrected chi connectivity index (χ3v) is 4.89. The van der Waals surface area contributed by atoms with Crippen molar-refractivity contribution >= 4 is 11.6 Å². The van der Waals surface area contributed by atoms with Crippen LogP contribution in [0.25, 0.3) is 0 Å². The van der Waals surface area contributed by atoms with Gasteiger partial charge in [-0.25, -0.2) is 4.39 Å². The molecule has 138 valence electrons. The van der Waals surface area contributed by atoms with Gasteiger partial charge >= 0.3 is 0 Å². The lowest BCUT2D eigenvalue weighted by Gasteiger charge is -2.36. The second-order valence-corrected chi connectivity index (χ2v) is 6.79. The smallest absolute Gasteiger partial charge is 0.223 e. The van der Waals surface area contributed by atoms with E-state index in [1.54, 1.807) is 4.90 Å². The molecular formula is C21H26FN3O. The third-order valence-electron chi connectivity index (χ3n) is 4.89. The third kappa shape index (κ3) is 5.05. The number of halogens is 1. The minimum absolute atomic E-state index is 0.176. The van der Waals surface area contributed by atoms with Crippen LogP contribution in [0.2, 0.25) is 0 Å². The van der Waals surface area contributed by atoms with Crippen molar-refractivity contribution in [1.29, 1.82) is 0 Å². The number of hydrogen-bond donors (Lipinski definition) is 0. The molecule has 1 saturated heterocycles. The molecule has 1 heterocycles. The monoisotopic (exact) mass is 355 g/mol. The summed E-state index contributed by atoms with van der Waals surface area (Å²) >= 11 is 0. The molecule has 0 bridgehead atoms. The number of anilines is 1. The first-order valence-electron chi connectivity index (χ1n) is 9.12. The molecule has 0 aromatic heterocycles. The summed E-state index contributed by atoms with van der Waals surface area (Å²) in [5.74, 6) is -0.0275. The first-order valence-corrected chi connectivity index (χ1v) is 9.12. The van der Waals surface area contributed by atoms with Crippen LogP contribution in [0.4, 0.5) is 10.1 Å². The van der Waals surface area contributed by atoms with Crippen LogP contribution >= 0.6 is 0 Å². The molecule has 26 heavy (non-hydrogen) atoms. The molecule has 3 rings (SSSR count). The zero-order valence-electron chi connectivity index (χ0n) is 15.3. The lowest BCUT2D eigenvalue weighted by molar-refractivity contribution is -0.130. The second-order valence-electron chi connectivity index (χ2n) is 6.79. The molecule has 4 nitrogen and oxygen atoms in total. The topological polar surface area (TPSA) is 26.8 Å². The van der Waals surface area contributed by atoms with Gasteiger partial charge in [-0.3, -0.25) is 9.69 Å². The number of hydrogen-bond acceptors (Lipinski definition) is 3. The summed E-state index contributed by atoms with van der Waals surface area (Å²) in [6.45, 7) is 5.09. The fourth-order valence-corrected chi connectivity index (χ4v) is 3.27. The lowest BCUT2D eigenvalue weighted by Crippen LogP contribution is -2.47. The maximum absolute atomic E-state index is 13.0. The van der Waals surface area contributed by atoms with Gasteiger partial charge in [-0.1, -0.05) is 30.3 Å². The first kappa shape index (κ1) is 18.4. The van der Waals surface area contributed by atoms with Crippen LogP contribution in [-0.2, 0) is 11.3 Å². The van der Waals surface area contributed by atoms with Crippen molar-refractivity contribution in [2.24, 2.45) is 0 Å². The molecule has 2 aromatic rings. The van der Waals surface area contributed by atoms with Gasteiger partial charge in [0.25, 0.3) is 0 Å². The Morgan fingerprint density at radius 3 is 2.31 bits per heavy atom. The van der Waals surface area contributed by atoms with Crippen molar-refractivity contribution in [3.05, 3.63) is 66.0 Å². The van der Waals surface area contributed by atoms with Crippen LogP contribution in [0.15, 0.2) is 54.6 Å². The van der Waals surface area contributed by atoms with Crippen LogP contribution in [0.3, 0.4) is 0 Å². The van der Waals surface area contributed by atoms with Crippen LogP contribution in [0.1, 0.15) is 12.0 Å². The van der Waals surface area contributed by atoms with Crippen LogP contribution in [0.5, 0.6) is 0 Å². The van der Waals surface area contributed by atoms with E-state index in [1.807, 2.05) is 49.5 Å². The van der Waals surface area contributed by atoms with E-state index in [-0.39, 0.29) is 11.7 Å². The summed E-state index contributed by atoms with van der Waals surface area (Å²) in [6, 6.07) is 16.7. The molecule has 1 amide bonds. The maximum Gasteiger partial charge on any atom is 0.223 e. The van der Waals surface area contributed by atoms with Gasteiger partial charge in [-0.2, -0.15) is 0 Å². The fraction of sp³-hybridized carbons (Fsp3) is 0.381. The van der Waals surface area contributed by atoms with E-state index in [2.05, 4.69) is 9.80 Å². The van der Waals surface area contributed by atoms with E-state index >= 15 is 0 Å². The number of piperazine rings is 1. The Bertz CT molecular complexity index is 697. The molecule has 0 aliphatic carbocycles. The normalized spacial score (nSPS) is 15.1. The summed E-state index contributed by atoms with van der Waals surface area (Å²) < 4.78 is 13.0. The molecule has 2 aromatic carbocycles. The molecule has 0 radical (unpaired) electrons. The maximum atomic E-state index is 13.0. The molecule has 0 N–H and O–H groups in total. The number of nitrogens with zero attached hydrogens (tertiary/aromatic N) is 3. The molecule has 1 fully saturated rings. The summed E-state index contributed by atoms with van der Waals surface area (Å²) in [4.78, 5) is 18.7. The Hall–Kier alpha value is -2.40. The minimum atomic E-state index is -0.203. The minimum Gasteiger partial charge on any atom is -0.369 e.